The predicted molar refractivity (Wildman–Crippen MR) is 239 cm³/mol. The molecule has 0 saturated carbocycles. The normalized spacial score (nSPS) is 13.7. The van der Waals surface area contributed by atoms with Gasteiger partial charge in [-0.2, -0.15) is 0 Å². The highest BCUT2D eigenvalue weighted by molar-refractivity contribution is 7.23. The zero-order valence-electron chi connectivity index (χ0n) is 41.5. The van der Waals surface area contributed by atoms with Crippen LogP contribution in [0.1, 0.15) is 60.8 Å². The highest BCUT2D eigenvalue weighted by Crippen LogP contribution is 2.42. The molecule has 3 unspecified atom stereocenters. The second kappa shape index (κ2) is 21.9. The average Bonchev–Trinajstić information content (AvgIpc) is 2.66. The molecule has 440 valence electrons. The molecule has 0 spiro atoms. The van der Waals surface area contributed by atoms with Gasteiger partial charge < -0.3 is 4.90 Å². The van der Waals surface area contributed by atoms with Crippen LogP contribution in [0.2, 0.25) is 0 Å². The van der Waals surface area contributed by atoms with Gasteiger partial charge >= 0.3 is 0 Å². The van der Waals surface area contributed by atoms with Crippen LogP contribution in [0.5, 0.6) is 0 Å². The number of rotatable bonds is 10. The van der Waals surface area contributed by atoms with Crippen molar-refractivity contribution in [3.63, 3.8) is 0 Å². The Balaban J connectivity index is 0.000000662. The molecular weight excluding hydrogens is 1180 g/mol. The minimum atomic E-state index is -8.05. The molecule has 0 amide bonds. The lowest BCUT2D eigenvalue weighted by Gasteiger charge is -2.47. The van der Waals surface area contributed by atoms with Gasteiger partial charge in [0, 0.05) is 0 Å². The summed E-state index contributed by atoms with van der Waals surface area (Å²) in [6, 6.07) is 2.43. The molecule has 0 aromatic heterocycles. The third kappa shape index (κ3) is 8.46. The molecule has 3 atom stereocenters. The molecule has 8 aromatic carbocycles. The second-order valence-corrected chi connectivity index (χ2v) is 18.7. The summed E-state index contributed by atoms with van der Waals surface area (Å²) in [5.41, 5.74) is -15.5. The zero-order chi connectivity index (χ0) is 62.0. The molecule has 0 aliphatic carbocycles. The van der Waals surface area contributed by atoms with Crippen LogP contribution in [0.4, 0.5) is 123 Å². The van der Waals surface area contributed by atoms with Crippen LogP contribution in [0.25, 0.3) is 43.1 Å². The van der Waals surface area contributed by atoms with Crippen LogP contribution in [0, 0.1) is 163 Å². The molecule has 0 saturated heterocycles. The van der Waals surface area contributed by atoms with Gasteiger partial charge in [0.15, 0.2) is 140 Å². The molecule has 8 rings (SSSR count). The summed E-state index contributed by atoms with van der Waals surface area (Å²) in [6.07, 6.45) is -4.16. The van der Waals surface area contributed by atoms with Crippen molar-refractivity contribution in [1.29, 1.82) is 0 Å². The maximum Gasteiger partial charge on any atom is 0.198 e. The molecular formula is C52H28BF28N. The lowest BCUT2D eigenvalue weighted by atomic mass is 9.11. The Bertz CT molecular complexity index is 3520. The molecule has 1 N–H and O–H groups in total. The Morgan fingerprint density at radius 1 is 0.207 bits per heavy atom. The molecule has 0 aliphatic heterocycles. The van der Waals surface area contributed by atoms with Crippen molar-refractivity contribution in [3.05, 3.63) is 163 Å². The first-order valence-electron chi connectivity index (χ1n) is 23.4. The Morgan fingerprint density at radius 3 is 0.463 bits per heavy atom. The van der Waals surface area contributed by atoms with Gasteiger partial charge in [-0.1, -0.05) is 20.8 Å². The first kappa shape index (κ1) is 62.5. The van der Waals surface area contributed by atoms with Gasteiger partial charge in [0.2, 0.25) is 0 Å². The summed E-state index contributed by atoms with van der Waals surface area (Å²) < 4.78 is 446. The van der Waals surface area contributed by atoms with Crippen molar-refractivity contribution < 1.29 is 128 Å². The van der Waals surface area contributed by atoms with E-state index < -0.39 is 234 Å². The molecule has 82 heavy (non-hydrogen) atoms. The molecule has 30 heteroatoms. The third-order valence-electron chi connectivity index (χ3n) is 14.8. The number of fused-ring (bicyclic) bond motifs is 4. The third-order valence-corrected chi connectivity index (χ3v) is 14.8. The fourth-order valence-electron chi connectivity index (χ4n) is 10.8. The standard InChI is InChI=1S/C40BF28.C12H27N/c42-13-1-5(21(50)37(66)33(13)62)17(46)29(58)25(54)9(1)41(10-2-6(18(47)30(59)26(10)55)22(51)38(67)34(63)14(2)43,11-3-7(19(48)31(60)27(11)56)23(52)39(68)35(64)15(3)44)12-4-8(20(49)32(61)28(12)57)24(53)40(69)36(65)16(4)45;1-7-10(4)13(11(5)8-2)12(6)9-3/h;10-12H,7-9H2,1-6H3/q-1;/p+1. The maximum atomic E-state index is 17.3. The molecule has 0 fully saturated rings. The smallest absolute Gasteiger partial charge is 0.198 e. The van der Waals surface area contributed by atoms with E-state index in [0.29, 0.717) is 0 Å². The quantitative estimate of drug-likeness (QED) is 0.0602. The summed E-state index contributed by atoms with van der Waals surface area (Å²) in [7, 11) is 0. The Labute approximate surface area is 440 Å². The minimum Gasteiger partial charge on any atom is -0.328 e. The molecule has 0 radical (unpaired) electrons. The van der Waals surface area contributed by atoms with E-state index in [1.807, 2.05) is 0 Å². The Morgan fingerprint density at radius 2 is 0.329 bits per heavy atom. The lowest BCUT2D eigenvalue weighted by molar-refractivity contribution is -0.968. The van der Waals surface area contributed by atoms with Gasteiger partial charge in [-0.15, -0.1) is 21.9 Å². The maximum absolute atomic E-state index is 17.3. The van der Waals surface area contributed by atoms with Crippen LogP contribution in [0.15, 0.2) is 0 Å². The molecule has 0 aliphatic rings. The first-order chi connectivity index (χ1) is 38.1. The largest absolute Gasteiger partial charge is 0.328 e. The van der Waals surface area contributed by atoms with Crippen LogP contribution in [-0.2, 0) is 0 Å². The van der Waals surface area contributed by atoms with E-state index in [1.165, 1.54) is 19.3 Å². The van der Waals surface area contributed by atoms with Crippen LogP contribution in [0.3, 0.4) is 0 Å². The number of quaternary nitrogens is 1. The summed E-state index contributed by atoms with van der Waals surface area (Å²) in [4.78, 5) is 1.80. The SMILES string of the molecule is CCC(C)[NH+](C(C)CC)C(C)CC.Fc1c(F)c(F)c2c([B-](c3c(F)c(F)c(F)c4c(F)c(F)c(F)c(F)c34)(c3c(F)c(F)c(F)c4c(F)c(F)c(F)c(F)c34)c3c(F)c(F)c(F)c4c(F)c(F)c(F)c(F)c34)c(F)c(F)c(F)c2c1F. The fourth-order valence-corrected chi connectivity index (χ4v) is 10.8. The lowest BCUT2D eigenvalue weighted by Crippen LogP contribution is -3.21. The van der Waals surface area contributed by atoms with E-state index in [4.69, 9.17) is 0 Å². The summed E-state index contributed by atoms with van der Waals surface area (Å²) in [5.74, 6) is -104. The van der Waals surface area contributed by atoms with E-state index in [2.05, 4.69) is 41.5 Å². The summed E-state index contributed by atoms with van der Waals surface area (Å²) in [5, 5.41) is -27.0. The van der Waals surface area contributed by atoms with Crippen molar-refractivity contribution in [2.75, 3.05) is 0 Å². The van der Waals surface area contributed by atoms with Crippen molar-refractivity contribution in [3.8, 4) is 0 Å². The van der Waals surface area contributed by atoms with E-state index in [-0.39, 0.29) is 0 Å². The summed E-state index contributed by atoms with van der Waals surface area (Å²) >= 11 is 0. The van der Waals surface area contributed by atoms with Crippen LogP contribution >= 0.6 is 0 Å². The van der Waals surface area contributed by atoms with Crippen LogP contribution < -0.4 is 26.8 Å². The molecule has 0 bridgehead atoms. The monoisotopic (exact) mass is 1210 g/mol. The van der Waals surface area contributed by atoms with Crippen molar-refractivity contribution >= 4 is 71.1 Å². The average molecular weight is 1210 g/mol. The molecule has 0 heterocycles. The predicted octanol–water partition coefficient (Wildman–Crippen LogP) is 13.8. The number of halogens is 28. The van der Waals surface area contributed by atoms with Gasteiger partial charge in [0.25, 0.3) is 0 Å². The topological polar surface area (TPSA) is 4.44 Å². The van der Waals surface area contributed by atoms with E-state index in [9.17, 15) is 17.6 Å². The van der Waals surface area contributed by atoms with Gasteiger partial charge in [0.05, 0.1) is 39.7 Å². The molecule has 8 aromatic rings. The van der Waals surface area contributed by atoms with Gasteiger partial charge in [-0.3, -0.25) is 0 Å². The minimum absolute atomic E-state index is 0.810. The van der Waals surface area contributed by atoms with Gasteiger partial charge in [0.1, 0.15) is 29.4 Å². The number of nitrogens with one attached hydrogen (secondary N) is 1. The second-order valence-electron chi connectivity index (χ2n) is 18.7. The molecule has 1 nitrogen and oxygen atoms in total. The Hall–Kier alpha value is -7.14. The fraction of sp³-hybridized carbons (Fsp3) is 0.231. The first-order valence-corrected chi connectivity index (χ1v) is 23.4. The summed E-state index contributed by atoms with van der Waals surface area (Å²) in [6.45, 7) is 14.1. The Kier molecular flexibility index (Phi) is 16.7. The number of hydrogen-bond donors (Lipinski definition) is 1. The zero-order valence-corrected chi connectivity index (χ0v) is 41.5. The van der Waals surface area contributed by atoms with E-state index in [1.54, 1.807) is 4.90 Å². The number of benzene rings is 8. The van der Waals surface area contributed by atoms with Crippen molar-refractivity contribution in [2.45, 2.75) is 78.9 Å². The van der Waals surface area contributed by atoms with E-state index >= 15 is 105 Å². The number of hydrogen-bond acceptors (Lipinski definition) is 0. The van der Waals surface area contributed by atoms with Gasteiger partial charge in [-0.05, 0) is 61.6 Å². The van der Waals surface area contributed by atoms with Gasteiger partial charge in [-0.25, -0.2) is 123 Å². The highest BCUT2D eigenvalue weighted by Gasteiger charge is 2.52. The van der Waals surface area contributed by atoms with Crippen LogP contribution in [-0.4, -0.2) is 24.3 Å². The highest BCUT2D eigenvalue weighted by atomic mass is 19.2. The van der Waals surface area contributed by atoms with Crippen molar-refractivity contribution in [1.82, 2.24) is 0 Å². The van der Waals surface area contributed by atoms with E-state index in [0.717, 1.165) is 18.1 Å². The van der Waals surface area contributed by atoms with Crippen molar-refractivity contribution in [2.24, 2.45) is 0 Å².